The molecule has 1 saturated heterocycles. The van der Waals surface area contributed by atoms with Gasteiger partial charge in [-0.3, -0.25) is 0 Å². The van der Waals surface area contributed by atoms with Gasteiger partial charge < -0.3 is 5.32 Å². The first-order chi connectivity index (χ1) is 9.41. The van der Waals surface area contributed by atoms with Crippen LogP contribution < -0.4 is 5.32 Å². The maximum Gasteiger partial charge on any atom is 0.151 e. The molecule has 0 radical (unpaired) electrons. The summed E-state index contributed by atoms with van der Waals surface area (Å²) in [6.07, 6.45) is 0.625. The molecule has 0 saturated carbocycles. The number of thiophene rings is 1. The number of fused-ring (bicyclic) bond motifs is 1. The van der Waals surface area contributed by atoms with Gasteiger partial charge in [-0.2, -0.15) is 0 Å². The van der Waals surface area contributed by atoms with Crippen molar-refractivity contribution in [1.82, 2.24) is 9.97 Å². The molecule has 1 atom stereocenters. The van der Waals surface area contributed by atoms with Gasteiger partial charge in [-0.25, -0.2) is 18.4 Å². The Morgan fingerprint density at radius 1 is 1.30 bits per heavy atom. The minimum atomic E-state index is -2.92. The number of rotatable bonds is 2. The lowest BCUT2D eigenvalue weighted by Crippen LogP contribution is -2.09. The number of aromatic nitrogens is 2. The van der Waals surface area contributed by atoms with Crippen molar-refractivity contribution in [2.24, 2.45) is 0 Å². The quantitative estimate of drug-likeness (QED) is 0.921. The van der Waals surface area contributed by atoms with Crippen molar-refractivity contribution in [2.45, 2.75) is 26.2 Å². The molecule has 2 aromatic heterocycles. The minimum absolute atomic E-state index is 0.0702. The number of hydrogen-bond acceptors (Lipinski definition) is 6. The lowest BCUT2D eigenvalue weighted by Gasteiger charge is -2.09. The number of aryl methyl sites for hydroxylation is 2. The van der Waals surface area contributed by atoms with E-state index in [-0.39, 0.29) is 17.4 Å². The van der Waals surface area contributed by atoms with Gasteiger partial charge >= 0.3 is 0 Å². The number of nitrogens with zero attached hydrogens (tertiary/aromatic N) is 2. The molecule has 1 fully saturated rings. The second-order valence-corrected chi connectivity index (χ2v) is 8.68. The van der Waals surface area contributed by atoms with E-state index in [2.05, 4.69) is 29.1 Å². The zero-order valence-corrected chi connectivity index (χ0v) is 13.4. The van der Waals surface area contributed by atoms with E-state index in [4.69, 9.17) is 0 Å². The average molecular weight is 311 g/mol. The lowest BCUT2D eigenvalue weighted by molar-refractivity contribution is 0.601. The van der Waals surface area contributed by atoms with Gasteiger partial charge in [0.2, 0.25) is 0 Å². The molecule has 1 N–H and O–H groups in total. The first-order valence-electron chi connectivity index (χ1n) is 6.57. The van der Waals surface area contributed by atoms with Crippen LogP contribution in [0.1, 0.15) is 28.6 Å². The Balaban J connectivity index is 2.14. The summed E-state index contributed by atoms with van der Waals surface area (Å²) in [5, 5.41) is 4.17. The Morgan fingerprint density at radius 3 is 2.65 bits per heavy atom. The summed E-state index contributed by atoms with van der Waals surface area (Å²) in [7, 11) is -1.08. The maximum atomic E-state index is 11.6. The van der Waals surface area contributed by atoms with Crippen molar-refractivity contribution < 1.29 is 8.42 Å². The van der Waals surface area contributed by atoms with Gasteiger partial charge in [0.05, 0.1) is 16.9 Å². The Kier molecular flexibility index (Phi) is 3.21. The van der Waals surface area contributed by atoms with Crippen LogP contribution in [0.4, 0.5) is 5.82 Å². The summed E-state index contributed by atoms with van der Waals surface area (Å²) in [6, 6.07) is 0. The Morgan fingerprint density at radius 2 is 2.05 bits per heavy atom. The zero-order chi connectivity index (χ0) is 14.5. The van der Waals surface area contributed by atoms with E-state index in [1.165, 1.54) is 10.4 Å². The molecule has 0 aliphatic carbocycles. The predicted molar refractivity (Wildman–Crippen MR) is 82.4 cm³/mol. The highest BCUT2D eigenvalue weighted by atomic mass is 32.2. The van der Waals surface area contributed by atoms with Crippen molar-refractivity contribution in [3.63, 3.8) is 0 Å². The molecule has 0 bridgehead atoms. The van der Waals surface area contributed by atoms with Crippen LogP contribution in [0.25, 0.3) is 10.2 Å². The number of anilines is 1. The molecule has 1 aliphatic rings. The van der Waals surface area contributed by atoms with E-state index in [9.17, 15) is 8.42 Å². The zero-order valence-electron chi connectivity index (χ0n) is 11.7. The predicted octanol–water partition coefficient (Wildman–Crippen LogP) is 2.25. The standard InChI is InChI=1S/C13H17N3O2S2/c1-7-8(2)19-13-10(7)12(14-3)15-11(16-13)9-4-5-20(17,18)6-9/h9H,4-6H2,1-3H3,(H,14,15,16). The van der Waals surface area contributed by atoms with Crippen LogP contribution in [0, 0.1) is 13.8 Å². The fourth-order valence-corrected chi connectivity index (χ4v) is 5.40. The highest BCUT2D eigenvalue weighted by Gasteiger charge is 2.31. The van der Waals surface area contributed by atoms with Crippen molar-refractivity contribution >= 4 is 37.2 Å². The Hall–Kier alpha value is -1.21. The van der Waals surface area contributed by atoms with Crippen LogP contribution in [0.5, 0.6) is 0 Å². The smallest absolute Gasteiger partial charge is 0.151 e. The third-order valence-electron chi connectivity index (χ3n) is 3.88. The number of hydrogen-bond donors (Lipinski definition) is 1. The average Bonchev–Trinajstić information content (AvgIpc) is 2.89. The SMILES string of the molecule is CNc1nc(C2CCS(=O)(=O)C2)nc2sc(C)c(C)c12. The molecular formula is C13H17N3O2S2. The molecule has 7 heteroatoms. The van der Waals surface area contributed by atoms with Crippen LogP contribution in [0.2, 0.25) is 0 Å². The van der Waals surface area contributed by atoms with Crippen molar-refractivity contribution in [1.29, 1.82) is 0 Å². The van der Waals surface area contributed by atoms with Gasteiger partial charge in [0.15, 0.2) is 9.84 Å². The molecule has 3 heterocycles. The topological polar surface area (TPSA) is 72.0 Å². The lowest BCUT2D eigenvalue weighted by atomic mass is 10.1. The van der Waals surface area contributed by atoms with Crippen molar-refractivity contribution in [3.8, 4) is 0 Å². The molecule has 3 rings (SSSR count). The highest BCUT2D eigenvalue weighted by molar-refractivity contribution is 7.91. The van der Waals surface area contributed by atoms with Crippen molar-refractivity contribution in [3.05, 3.63) is 16.3 Å². The van der Waals surface area contributed by atoms with E-state index < -0.39 is 9.84 Å². The third kappa shape index (κ3) is 2.18. The minimum Gasteiger partial charge on any atom is -0.372 e. The van der Waals surface area contributed by atoms with E-state index in [1.807, 2.05) is 7.05 Å². The molecule has 5 nitrogen and oxygen atoms in total. The second kappa shape index (κ2) is 4.66. The normalized spacial score (nSPS) is 21.4. The first kappa shape index (κ1) is 13.8. The summed E-state index contributed by atoms with van der Waals surface area (Å²) in [5.41, 5.74) is 1.19. The van der Waals surface area contributed by atoms with Gasteiger partial charge in [-0.05, 0) is 25.8 Å². The second-order valence-electron chi connectivity index (χ2n) is 5.24. The Labute approximate surface area is 122 Å². The van der Waals surface area contributed by atoms with Crippen LogP contribution in [-0.4, -0.2) is 36.9 Å². The van der Waals surface area contributed by atoms with E-state index >= 15 is 0 Å². The molecule has 20 heavy (non-hydrogen) atoms. The summed E-state index contributed by atoms with van der Waals surface area (Å²) >= 11 is 1.64. The fourth-order valence-electron chi connectivity index (χ4n) is 2.63. The Bertz CT molecular complexity index is 781. The fraction of sp³-hybridized carbons (Fsp3) is 0.538. The number of sulfone groups is 1. The third-order valence-corrected chi connectivity index (χ3v) is 6.75. The largest absolute Gasteiger partial charge is 0.372 e. The van der Waals surface area contributed by atoms with Gasteiger partial charge in [0.1, 0.15) is 16.5 Å². The molecular weight excluding hydrogens is 294 g/mol. The molecule has 0 aromatic carbocycles. The van der Waals surface area contributed by atoms with Crippen LogP contribution in [0.15, 0.2) is 0 Å². The van der Waals surface area contributed by atoms with E-state index in [0.717, 1.165) is 16.0 Å². The van der Waals surface area contributed by atoms with Crippen LogP contribution in [0.3, 0.4) is 0 Å². The maximum absolute atomic E-state index is 11.6. The van der Waals surface area contributed by atoms with Gasteiger partial charge in [-0.1, -0.05) is 0 Å². The van der Waals surface area contributed by atoms with Crippen LogP contribution >= 0.6 is 11.3 Å². The molecule has 0 amide bonds. The van der Waals surface area contributed by atoms with Gasteiger partial charge in [-0.15, -0.1) is 11.3 Å². The number of nitrogens with one attached hydrogen (secondary N) is 1. The monoisotopic (exact) mass is 311 g/mol. The molecule has 0 spiro atoms. The first-order valence-corrected chi connectivity index (χ1v) is 9.21. The molecule has 2 aromatic rings. The van der Waals surface area contributed by atoms with E-state index in [1.54, 1.807) is 11.3 Å². The summed E-state index contributed by atoms with van der Waals surface area (Å²) in [4.78, 5) is 11.3. The molecule has 108 valence electrons. The van der Waals surface area contributed by atoms with Gasteiger partial charge in [0, 0.05) is 17.8 Å². The summed E-state index contributed by atoms with van der Waals surface area (Å²) < 4.78 is 23.2. The highest BCUT2D eigenvalue weighted by Crippen LogP contribution is 2.35. The summed E-state index contributed by atoms with van der Waals surface area (Å²) in [6.45, 7) is 4.14. The van der Waals surface area contributed by atoms with Gasteiger partial charge in [0.25, 0.3) is 0 Å². The van der Waals surface area contributed by atoms with Crippen LogP contribution in [-0.2, 0) is 9.84 Å². The summed E-state index contributed by atoms with van der Waals surface area (Å²) in [5.74, 6) is 1.81. The van der Waals surface area contributed by atoms with E-state index in [0.29, 0.717) is 12.2 Å². The molecule has 1 unspecified atom stereocenters. The molecule has 1 aliphatic heterocycles. The van der Waals surface area contributed by atoms with Crippen molar-refractivity contribution in [2.75, 3.05) is 23.9 Å².